The average molecular weight is 373 g/mol. The lowest BCUT2D eigenvalue weighted by Crippen LogP contribution is -2.40. The number of aromatic amines is 1. The third-order valence-electron chi connectivity index (χ3n) is 5.47. The van der Waals surface area contributed by atoms with Crippen molar-refractivity contribution in [2.45, 2.75) is 32.1 Å². The number of hydrogen-bond donors (Lipinski definition) is 1. The Morgan fingerprint density at radius 3 is 2.77 bits per heavy atom. The molecule has 1 spiro atoms. The number of aryl methyl sites for hydroxylation is 1. The van der Waals surface area contributed by atoms with E-state index in [0.29, 0.717) is 24.7 Å². The molecule has 1 aromatic heterocycles. The van der Waals surface area contributed by atoms with Crippen LogP contribution in [-0.4, -0.2) is 46.5 Å². The molecule has 0 bridgehead atoms. The second-order valence-electron chi connectivity index (χ2n) is 7.33. The van der Waals surface area contributed by atoms with E-state index in [1.54, 1.807) is 6.92 Å². The number of nitrogens with one attached hydrogen (secondary N) is 1. The molecule has 26 heavy (non-hydrogen) atoms. The van der Waals surface area contributed by atoms with E-state index in [1.165, 1.54) is 0 Å². The minimum atomic E-state index is -0.233. The molecule has 1 saturated heterocycles. The molecule has 3 heterocycles. The third-order valence-corrected chi connectivity index (χ3v) is 5.71. The van der Waals surface area contributed by atoms with Gasteiger partial charge in [0.1, 0.15) is 0 Å². The largest absolute Gasteiger partial charge is 0.342 e. The van der Waals surface area contributed by atoms with E-state index in [-0.39, 0.29) is 23.7 Å². The van der Waals surface area contributed by atoms with E-state index in [9.17, 15) is 9.59 Å². The van der Waals surface area contributed by atoms with E-state index in [1.807, 2.05) is 41.0 Å². The number of hydrogen-bond acceptors (Lipinski definition) is 3. The lowest BCUT2D eigenvalue weighted by Gasteiger charge is -2.25. The molecule has 2 aliphatic rings. The fraction of sp³-hybridized carbons (Fsp3) is 0.421. The monoisotopic (exact) mass is 372 g/mol. The number of rotatable bonds is 2. The molecule has 0 radical (unpaired) electrons. The lowest BCUT2D eigenvalue weighted by molar-refractivity contribution is -0.127. The van der Waals surface area contributed by atoms with Crippen LogP contribution < -0.4 is 4.90 Å². The van der Waals surface area contributed by atoms with Gasteiger partial charge in [-0.15, -0.1) is 0 Å². The molecule has 1 fully saturated rings. The van der Waals surface area contributed by atoms with Crippen LogP contribution in [0.1, 0.15) is 30.3 Å². The standard InChI is InChI=1S/C19H21ClN4O2/c1-12-7-15(22-21-12)9-18(26)24-11-19(5-6-23(10-19)13(2)25)16-8-14(20)3-4-17(16)24/h3-4,7-8H,5-6,9-11H2,1-2H3,(H,21,22). The molecule has 4 rings (SSSR count). The summed E-state index contributed by atoms with van der Waals surface area (Å²) >= 11 is 6.25. The Balaban J connectivity index is 1.66. The second kappa shape index (κ2) is 6.13. The first-order valence-electron chi connectivity index (χ1n) is 8.75. The number of amides is 2. The van der Waals surface area contributed by atoms with E-state index in [4.69, 9.17) is 11.6 Å². The van der Waals surface area contributed by atoms with Crippen LogP contribution in [0.25, 0.3) is 0 Å². The number of carbonyl (C=O) groups excluding carboxylic acids is 2. The van der Waals surface area contributed by atoms with Crippen LogP contribution in [0, 0.1) is 6.92 Å². The smallest absolute Gasteiger partial charge is 0.233 e. The Hall–Kier alpha value is -2.34. The molecule has 2 aliphatic heterocycles. The number of anilines is 1. The highest BCUT2D eigenvalue weighted by molar-refractivity contribution is 6.30. The highest BCUT2D eigenvalue weighted by atomic mass is 35.5. The zero-order chi connectivity index (χ0) is 18.5. The van der Waals surface area contributed by atoms with E-state index in [2.05, 4.69) is 10.2 Å². The Kier molecular flexibility index (Phi) is 4.03. The molecular weight excluding hydrogens is 352 g/mol. The van der Waals surface area contributed by atoms with Crippen LogP contribution in [0.4, 0.5) is 5.69 Å². The first-order valence-corrected chi connectivity index (χ1v) is 9.13. The maximum absolute atomic E-state index is 13.0. The Labute approximate surface area is 157 Å². The van der Waals surface area contributed by atoms with Crippen LogP contribution in [0.2, 0.25) is 5.02 Å². The van der Waals surface area contributed by atoms with Gasteiger partial charge in [-0.3, -0.25) is 14.7 Å². The predicted octanol–water partition coefficient (Wildman–Crippen LogP) is 2.45. The topological polar surface area (TPSA) is 69.3 Å². The molecule has 2 aromatic rings. The van der Waals surface area contributed by atoms with Gasteiger partial charge >= 0.3 is 0 Å². The average Bonchev–Trinajstić information content (AvgIpc) is 3.27. The van der Waals surface area contributed by atoms with E-state index in [0.717, 1.165) is 29.1 Å². The molecule has 1 unspecified atom stereocenters. The lowest BCUT2D eigenvalue weighted by atomic mass is 9.81. The molecule has 1 N–H and O–H groups in total. The maximum Gasteiger partial charge on any atom is 0.233 e. The van der Waals surface area contributed by atoms with Gasteiger partial charge in [-0.1, -0.05) is 11.6 Å². The van der Waals surface area contributed by atoms with Crippen LogP contribution in [-0.2, 0) is 21.4 Å². The van der Waals surface area contributed by atoms with Gasteiger partial charge in [-0.2, -0.15) is 5.10 Å². The van der Waals surface area contributed by atoms with Gasteiger partial charge in [0.15, 0.2) is 0 Å². The summed E-state index contributed by atoms with van der Waals surface area (Å²) in [5.41, 5.74) is 3.41. The number of likely N-dealkylation sites (tertiary alicyclic amines) is 1. The maximum atomic E-state index is 13.0. The fourth-order valence-corrected chi connectivity index (χ4v) is 4.34. The van der Waals surface area contributed by atoms with Crippen molar-refractivity contribution in [3.63, 3.8) is 0 Å². The number of halogens is 1. The molecule has 7 heteroatoms. The summed E-state index contributed by atoms with van der Waals surface area (Å²) in [4.78, 5) is 28.5. The van der Waals surface area contributed by atoms with Gasteiger partial charge in [-0.25, -0.2) is 0 Å². The van der Waals surface area contributed by atoms with E-state index < -0.39 is 0 Å². The number of benzene rings is 1. The summed E-state index contributed by atoms with van der Waals surface area (Å²) in [6, 6.07) is 7.57. The van der Waals surface area contributed by atoms with Crippen molar-refractivity contribution in [1.82, 2.24) is 15.1 Å². The zero-order valence-corrected chi connectivity index (χ0v) is 15.6. The van der Waals surface area contributed by atoms with Gasteiger partial charge in [0.05, 0.1) is 12.1 Å². The normalized spacial score (nSPS) is 21.5. The van der Waals surface area contributed by atoms with Gasteiger partial charge in [0, 0.05) is 48.4 Å². The quantitative estimate of drug-likeness (QED) is 0.880. The Morgan fingerprint density at radius 1 is 1.31 bits per heavy atom. The number of H-pyrrole nitrogens is 1. The number of carbonyl (C=O) groups is 2. The minimum Gasteiger partial charge on any atom is -0.342 e. The van der Waals surface area contributed by atoms with Crippen molar-refractivity contribution < 1.29 is 9.59 Å². The summed E-state index contributed by atoms with van der Waals surface area (Å²) in [5, 5.41) is 7.70. The summed E-state index contributed by atoms with van der Waals surface area (Å²) in [6.45, 7) is 5.42. The van der Waals surface area contributed by atoms with Gasteiger partial charge in [0.2, 0.25) is 11.8 Å². The van der Waals surface area contributed by atoms with Gasteiger partial charge in [-0.05, 0) is 43.2 Å². The molecule has 2 amide bonds. The number of fused-ring (bicyclic) bond motifs is 2. The van der Waals surface area contributed by atoms with Crippen LogP contribution in [0.5, 0.6) is 0 Å². The summed E-state index contributed by atoms with van der Waals surface area (Å²) in [5.74, 6) is 0.0837. The van der Waals surface area contributed by atoms with Crippen molar-refractivity contribution in [3.8, 4) is 0 Å². The molecule has 136 valence electrons. The number of aromatic nitrogens is 2. The summed E-state index contributed by atoms with van der Waals surface area (Å²) in [7, 11) is 0. The SMILES string of the molecule is CC(=O)N1CCC2(C1)CN(C(=O)Cc1cc(C)[nH]n1)c1ccc(Cl)cc12. The van der Waals surface area contributed by atoms with Gasteiger partial charge < -0.3 is 9.80 Å². The molecule has 6 nitrogen and oxygen atoms in total. The number of nitrogens with zero attached hydrogens (tertiary/aromatic N) is 3. The molecule has 0 aliphatic carbocycles. The Morgan fingerprint density at radius 2 is 2.12 bits per heavy atom. The summed E-state index contributed by atoms with van der Waals surface area (Å²) in [6.07, 6.45) is 1.09. The molecule has 1 atom stereocenters. The van der Waals surface area contributed by atoms with E-state index >= 15 is 0 Å². The first-order chi connectivity index (χ1) is 12.4. The minimum absolute atomic E-state index is 0.0122. The summed E-state index contributed by atoms with van der Waals surface area (Å²) < 4.78 is 0. The van der Waals surface area contributed by atoms with Crippen molar-refractivity contribution in [1.29, 1.82) is 0 Å². The molecule has 1 aromatic carbocycles. The predicted molar refractivity (Wildman–Crippen MR) is 99.4 cm³/mol. The Bertz CT molecular complexity index is 893. The van der Waals surface area contributed by atoms with Crippen molar-refractivity contribution >= 4 is 29.1 Å². The molecular formula is C19H21ClN4O2. The first kappa shape index (κ1) is 17.1. The van der Waals surface area contributed by atoms with Crippen molar-refractivity contribution in [3.05, 3.63) is 46.2 Å². The molecule has 0 saturated carbocycles. The zero-order valence-electron chi connectivity index (χ0n) is 14.9. The highest BCUT2D eigenvalue weighted by Gasteiger charge is 2.49. The van der Waals surface area contributed by atoms with Crippen molar-refractivity contribution in [2.24, 2.45) is 0 Å². The fourth-order valence-electron chi connectivity index (χ4n) is 4.17. The van der Waals surface area contributed by atoms with Gasteiger partial charge in [0.25, 0.3) is 0 Å². The van der Waals surface area contributed by atoms with Crippen LogP contribution in [0.3, 0.4) is 0 Å². The van der Waals surface area contributed by atoms with Crippen LogP contribution in [0.15, 0.2) is 24.3 Å². The third kappa shape index (κ3) is 2.78. The second-order valence-corrected chi connectivity index (χ2v) is 7.77. The highest BCUT2D eigenvalue weighted by Crippen LogP contribution is 2.47. The van der Waals surface area contributed by atoms with Crippen molar-refractivity contribution in [2.75, 3.05) is 24.5 Å². The van der Waals surface area contributed by atoms with Crippen LogP contribution >= 0.6 is 11.6 Å².